The van der Waals surface area contributed by atoms with Gasteiger partial charge < -0.3 is 0 Å². The lowest BCUT2D eigenvalue weighted by molar-refractivity contribution is 0.743. The van der Waals surface area contributed by atoms with Crippen LogP contribution in [0.2, 0.25) is 15.1 Å². The highest BCUT2D eigenvalue weighted by atomic mass is 35.5. The second-order valence-corrected chi connectivity index (χ2v) is 4.81. The molecular weight excluding hydrogens is 259 g/mol. The minimum Gasteiger partial charge on any atom is -0.179 e. The summed E-state index contributed by atoms with van der Waals surface area (Å²) in [6.07, 6.45) is 0.933. The number of hydrogen-bond acceptors (Lipinski definition) is 1. The van der Waals surface area contributed by atoms with Gasteiger partial charge >= 0.3 is 0 Å². The lowest BCUT2D eigenvalue weighted by Gasteiger charge is -2.15. The third kappa shape index (κ3) is 2.73. The van der Waals surface area contributed by atoms with Crippen LogP contribution in [0.3, 0.4) is 0 Å². The Hall–Kier alpha value is 0.440. The third-order valence-corrected chi connectivity index (χ3v) is 3.54. The SMILES string of the molecule is CC(CCS)c1c(Cl)ccc(Cl)c1Cl. The fraction of sp³-hybridized carbons (Fsp3) is 0.400. The Morgan fingerprint density at radius 3 is 2.36 bits per heavy atom. The summed E-state index contributed by atoms with van der Waals surface area (Å²) in [7, 11) is 0. The predicted molar refractivity (Wildman–Crippen MR) is 68.4 cm³/mol. The summed E-state index contributed by atoms with van der Waals surface area (Å²) in [4.78, 5) is 0. The van der Waals surface area contributed by atoms with Gasteiger partial charge in [-0.05, 0) is 35.8 Å². The van der Waals surface area contributed by atoms with Crippen LogP contribution < -0.4 is 0 Å². The quantitative estimate of drug-likeness (QED) is 0.575. The number of hydrogen-bond donors (Lipinski definition) is 1. The Morgan fingerprint density at radius 2 is 1.79 bits per heavy atom. The molecule has 0 fully saturated rings. The van der Waals surface area contributed by atoms with E-state index in [1.54, 1.807) is 12.1 Å². The van der Waals surface area contributed by atoms with Crippen molar-refractivity contribution in [2.75, 3.05) is 5.75 Å². The molecule has 1 unspecified atom stereocenters. The summed E-state index contributed by atoms with van der Waals surface area (Å²) in [5.74, 6) is 1.09. The molecule has 14 heavy (non-hydrogen) atoms. The van der Waals surface area contributed by atoms with Crippen LogP contribution in [0.1, 0.15) is 24.8 Å². The molecule has 0 saturated carbocycles. The summed E-state index contributed by atoms with van der Waals surface area (Å²) in [5.41, 5.74) is 0.926. The Kier molecular flexibility index (Phi) is 4.92. The first-order chi connectivity index (χ1) is 6.57. The van der Waals surface area contributed by atoms with E-state index < -0.39 is 0 Å². The first-order valence-electron chi connectivity index (χ1n) is 4.32. The molecule has 1 rings (SSSR count). The first kappa shape index (κ1) is 12.5. The molecule has 0 heterocycles. The molecule has 0 spiro atoms. The van der Waals surface area contributed by atoms with Crippen molar-refractivity contribution in [2.45, 2.75) is 19.3 Å². The van der Waals surface area contributed by atoms with Crippen LogP contribution in [0.15, 0.2) is 12.1 Å². The van der Waals surface area contributed by atoms with Crippen molar-refractivity contribution >= 4 is 47.4 Å². The number of thiol groups is 1. The van der Waals surface area contributed by atoms with E-state index in [1.807, 2.05) is 0 Å². The van der Waals surface area contributed by atoms with Gasteiger partial charge in [0.25, 0.3) is 0 Å². The van der Waals surface area contributed by atoms with Gasteiger partial charge in [0.15, 0.2) is 0 Å². The highest BCUT2D eigenvalue weighted by Crippen LogP contribution is 2.37. The highest BCUT2D eigenvalue weighted by Gasteiger charge is 2.15. The topological polar surface area (TPSA) is 0 Å². The molecule has 0 aliphatic heterocycles. The van der Waals surface area contributed by atoms with Crippen molar-refractivity contribution < 1.29 is 0 Å². The lowest BCUT2D eigenvalue weighted by Crippen LogP contribution is -1.97. The zero-order valence-corrected chi connectivity index (χ0v) is 10.9. The van der Waals surface area contributed by atoms with Gasteiger partial charge in [-0.15, -0.1) is 0 Å². The van der Waals surface area contributed by atoms with Gasteiger partial charge in [0, 0.05) is 5.02 Å². The van der Waals surface area contributed by atoms with E-state index in [2.05, 4.69) is 19.6 Å². The molecule has 0 amide bonds. The van der Waals surface area contributed by atoms with Crippen molar-refractivity contribution in [1.82, 2.24) is 0 Å². The van der Waals surface area contributed by atoms with Gasteiger partial charge in [0.2, 0.25) is 0 Å². The average molecular weight is 270 g/mol. The minimum atomic E-state index is 0.284. The Balaban J connectivity index is 3.11. The van der Waals surface area contributed by atoms with Gasteiger partial charge in [0.1, 0.15) is 0 Å². The van der Waals surface area contributed by atoms with Crippen molar-refractivity contribution in [2.24, 2.45) is 0 Å². The average Bonchev–Trinajstić information content (AvgIpc) is 2.13. The maximum absolute atomic E-state index is 6.09. The summed E-state index contributed by atoms with van der Waals surface area (Å²) < 4.78 is 0. The van der Waals surface area contributed by atoms with E-state index in [0.717, 1.165) is 17.7 Å². The maximum Gasteiger partial charge on any atom is 0.0641 e. The molecule has 0 saturated heterocycles. The van der Waals surface area contributed by atoms with Crippen molar-refractivity contribution in [1.29, 1.82) is 0 Å². The largest absolute Gasteiger partial charge is 0.179 e. The molecule has 0 aliphatic carbocycles. The Morgan fingerprint density at radius 1 is 1.21 bits per heavy atom. The first-order valence-corrected chi connectivity index (χ1v) is 6.08. The zero-order chi connectivity index (χ0) is 10.7. The van der Waals surface area contributed by atoms with Crippen molar-refractivity contribution in [3.05, 3.63) is 32.8 Å². The normalized spacial score (nSPS) is 12.9. The van der Waals surface area contributed by atoms with E-state index in [9.17, 15) is 0 Å². The molecule has 0 N–H and O–H groups in total. The van der Waals surface area contributed by atoms with Crippen LogP contribution >= 0.6 is 47.4 Å². The molecule has 0 aromatic heterocycles. The molecule has 0 radical (unpaired) electrons. The van der Waals surface area contributed by atoms with Crippen LogP contribution in [0, 0.1) is 0 Å². The van der Waals surface area contributed by atoms with E-state index in [1.165, 1.54) is 0 Å². The molecular formula is C10H11Cl3S. The lowest BCUT2D eigenvalue weighted by atomic mass is 9.98. The van der Waals surface area contributed by atoms with Gasteiger partial charge in [-0.1, -0.05) is 41.7 Å². The van der Waals surface area contributed by atoms with Crippen LogP contribution in [-0.4, -0.2) is 5.75 Å². The Labute approximate surface area is 105 Å². The molecule has 78 valence electrons. The van der Waals surface area contributed by atoms with E-state index in [0.29, 0.717) is 15.1 Å². The molecule has 1 aromatic carbocycles. The van der Waals surface area contributed by atoms with Crippen LogP contribution in [0.4, 0.5) is 0 Å². The second-order valence-electron chi connectivity index (χ2n) is 3.17. The summed E-state index contributed by atoms with van der Waals surface area (Å²) in [6.45, 7) is 2.07. The molecule has 1 aromatic rings. The van der Waals surface area contributed by atoms with E-state index >= 15 is 0 Å². The summed E-state index contributed by atoms with van der Waals surface area (Å²) in [5, 5.41) is 1.79. The molecule has 0 aliphatic rings. The predicted octanol–water partition coefficient (Wildman–Crippen LogP) is 5.07. The second kappa shape index (κ2) is 5.50. The summed E-state index contributed by atoms with van der Waals surface area (Å²) in [6, 6.07) is 3.49. The van der Waals surface area contributed by atoms with E-state index in [-0.39, 0.29) is 5.92 Å². The molecule has 4 heteroatoms. The van der Waals surface area contributed by atoms with Crippen LogP contribution in [0.5, 0.6) is 0 Å². The molecule has 0 nitrogen and oxygen atoms in total. The molecule has 0 bridgehead atoms. The number of halogens is 3. The Bertz CT molecular complexity index is 325. The van der Waals surface area contributed by atoms with E-state index in [4.69, 9.17) is 34.8 Å². The smallest absolute Gasteiger partial charge is 0.0641 e. The fourth-order valence-electron chi connectivity index (χ4n) is 1.33. The standard InChI is InChI=1S/C10H11Cl3S/c1-6(4-5-14)9-7(11)2-3-8(12)10(9)13/h2-3,6,14H,4-5H2,1H3. The zero-order valence-electron chi connectivity index (χ0n) is 7.73. The molecule has 1 atom stereocenters. The van der Waals surface area contributed by atoms with Crippen LogP contribution in [0.25, 0.3) is 0 Å². The van der Waals surface area contributed by atoms with Crippen LogP contribution in [-0.2, 0) is 0 Å². The van der Waals surface area contributed by atoms with Gasteiger partial charge in [-0.3, -0.25) is 0 Å². The van der Waals surface area contributed by atoms with Crippen molar-refractivity contribution in [3.8, 4) is 0 Å². The number of benzene rings is 1. The minimum absolute atomic E-state index is 0.284. The monoisotopic (exact) mass is 268 g/mol. The third-order valence-electron chi connectivity index (χ3n) is 2.13. The maximum atomic E-state index is 6.09. The van der Waals surface area contributed by atoms with Gasteiger partial charge in [-0.25, -0.2) is 0 Å². The highest BCUT2D eigenvalue weighted by molar-refractivity contribution is 7.80. The summed E-state index contributed by atoms with van der Waals surface area (Å²) >= 11 is 22.3. The van der Waals surface area contributed by atoms with Gasteiger partial charge in [0.05, 0.1) is 10.0 Å². The van der Waals surface area contributed by atoms with Gasteiger partial charge in [-0.2, -0.15) is 12.6 Å². The fourth-order valence-corrected chi connectivity index (χ4v) is 2.63. The number of rotatable bonds is 3. The van der Waals surface area contributed by atoms with Crippen molar-refractivity contribution in [3.63, 3.8) is 0 Å².